The number of hydrogen-bond donors (Lipinski definition) is 3. The molecule has 2 amide bonds. The number of hydrogen-bond acceptors (Lipinski definition) is 4. The van der Waals surface area contributed by atoms with Crippen molar-refractivity contribution in [2.24, 2.45) is 0 Å². The van der Waals surface area contributed by atoms with Crippen molar-refractivity contribution in [2.45, 2.75) is 25.2 Å². The average Bonchev–Trinajstić information content (AvgIpc) is 2.62. The molecule has 0 aliphatic heterocycles. The van der Waals surface area contributed by atoms with Crippen LogP contribution < -0.4 is 20.1 Å². The number of benzene rings is 2. The summed E-state index contributed by atoms with van der Waals surface area (Å²) in [6.07, 6.45) is 0.835. The van der Waals surface area contributed by atoms with E-state index in [-0.39, 0.29) is 10.9 Å². The maximum Gasteiger partial charge on any atom is 0.319 e. The molecule has 0 radical (unpaired) electrons. The summed E-state index contributed by atoms with van der Waals surface area (Å²) in [5.41, 5.74) is 0.952. The summed E-state index contributed by atoms with van der Waals surface area (Å²) >= 11 is 0. The molecular weight excluding hydrogens is 354 g/mol. The summed E-state index contributed by atoms with van der Waals surface area (Å²) < 4.78 is 32.7. The molecule has 0 aromatic heterocycles. The van der Waals surface area contributed by atoms with E-state index in [2.05, 4.69) is 15.4 Å². The van der Waals surface area contributed by atoms with Crippen molar-refractivity contribution in [1.82, 2.24) is 5.32 Å². The van der Waals surface area contributed by atoms with E-state index in [1.807, 2.05) is 13.8 Å². The fourth-order valence-electron chi connectivity index (χ4n) is 2.13. The third kappa shape index (κ3) is 5.66. The lowest BCUT2D eigenvalue weighted by atomic mass is 10.3. The van der Waals surface area contributed by atoms with Crippen LogP contribution >= 0.6 is 0 Å². The van der Waals surface area contributed by atoms with Gasteiger partial charge in [-0.3, -0.25) is 4.72 Å². The van der Waals surface area contributed by atoms with Gasteiger partial charge in [0.25, 0.3) is 10.0 Å². The van der Waals surface area contributed by atoms with E-state index in [9.17, 15) is 13.2 Å². The van der Waals surface area contributed by atoms with E-state index in [0.29, 0.717) is 30.3 Å². The number of rotatable bonds is 8. The Morgan fingerprint density at radius 3 is 2.15 bits per heavy atom. The number of amides is 2. The largest absolute Gasteiger partial charge is 0.494 e. The lowest BCUT2D eigenvalue weighted by molar-refractivity contribution is 0.252. The molecule has 0 saturated carbocycles. The van der Waals surface area contributed by atoms with E-state index in [1.165, 1.54) is 24.3 Å². The zero-order valence-corrected chi connectivity index (χ0v) is 15.6. The summed E-state index contributed by atoms with van der Waals surface area (Å²) in [5, 5.41) is 5.33. The minimum absolute atomic E-state index is 0.103. The van der Waals surface area contributed by atoms with E-state index < -0.39 is 10.0 Å². The Bertz CT molecular complexity index is 819. The minimum atomic E-state index is -3.72. The Hall–Kier alpha value is -2.74. The number of urea groups is 1. The highest BCUT2D eigenvalue weighted by Crippen LogP contribution is 2.20. The summed E-state index contributed by atoms with van der Waals surface area (Å²) in [6.45, 7) is 4.95. The first-order valence-electron chi connectivity index (χ1n) is 8.35. The van der Waals surface area contributed by atoms with Crippen molar-refractivity contribution in [3.63, 3.8) is 0 Å². The van der Waals surface area contributed by atoms with Crippen molar-refractivity contribution in [3.8, 4) is 5.75 Å². The lowest BCUT2D eigenvalue weighted by Crippen LogP contribution is -2.29. The number of carbonyl (C=O) groups excluding carboxylic acids is 1. The second-order valence-corrected chi connectivity index (χ2v) is 7.15. The molecular formula is C18H23N3O4S. The number of ether oxygens (including phenoxy) is 1. The molecule has 0 heterocycles. The molecule has 0 fully saturated rings. The first-order valence-corrected chi connectivity index (χ1v) is 9.83. The Labute approximate surface area is 153 Å². The van der Waals surface area contributed by atoms with Gasteiger partial charge >= 0.3 is 6.03 Å². The smallest absolute Gasteiger partial charge is 0.319 e. The first-order chi connectivity index (χ1) is 12.4. The van der Waals surface area contributed by atoms with Crippen LogP contribution in [0.1, 0.15) is 20.3 Å². The highest BCUT2D eigenvalue weighted by molar-refractivity contribution is 7.92. The molecule has 8 heteroatoms. The van der Waals surface area contributed by atoms with Crippen LogP contribution in [0, 0.1) is 0 Å². The molecule has 3 N–H and O–H groups in total. The highest BCUT2D eigenvalue weighted by atomic mass is 32.2. The van der Waals surface area contributed by atoms with Gasteiger partial charge in [0.1, 0.15) is 5.75 Å². The molecule has 0 bridgehead atoms. The zero-order valence-electron chi connectivity index (χ0n) is 14.8. The van der Waals surface area contributed by atoms with Crippen molar-refractivity contribution in [2.75, 3.05) is 23.2 Å². The standard InChI is InChI=1S/C18H23N3O4S/c1-3-13-19-18(22)20-14-7-11-17(12-8-14)26(23,24)21-15-5-9-16(10-6-15)25-4-2/h5-12,21H,3-4,13H2,1-2H3,(H2,19,20,22). The SMILES string of the molecule is CCCNC(=O)Nc1ccc(S(=O)(=O)Nc2ccc(OCC)cc2)cc1. The second-order valence-electron chi connectivity index (χ2n) is 5.47. The van der Waals surface area contributed by atoms with Crippen LogP contribution in [-0.4, -0.2) is 27.6 Å². The van der Waals surface area contributed by atoms with Gasteiger partial charge in [-0.05, 0) is 61.9 Å². The number of anilines is 2. The Morgan fingerprint density at radius 2 is 1.58 bits per heavy atom. The highest BCUT2D eigenvalue weighted by Gasteiger charge is 2.14. The summed E-state index contributed by atoms with van der Waals surface area (Å²) in [5.74, 6) is 0.673. The summed E-state index contributed by atoms with van der Waals surface area (Å²) in [4.78, 5) is 11.7. The van der Waals surface area contributed by atoms with Crippen molar-refractivity contribution >= 4 is 27.4 Å². The molecule has 26 heavy (non-hydrogen) atoms. The lowest BCUT2D eigenvalue weighted by Gasteiger charge is -2.10. The maximum atomic E-state index is 12.4. The van der Waals surface area contributed by atoms with E-state index in [0.717, 1.165) is 6.42 Å². The van der Waals surface area contributed by atoms with Gasteiger partial charge in [-0.25, -0.2) is 13.2 Å². The van der Waals surface area contributed by atoms with E-state index in [4.69, 9.17) is 4.74 Å². The molecule has 0 spiro atoms. The zero-order chi connectivity index (χ0) is 19.0. The first kappa shape index (κ1) is 19.6. The van der Waals surface area contributed by atoms with Crippen LogP contribution in [0.4, 0.5) is 16.2 Å². The van der Waals surface area contributed by atoms with Crippen LogP contribution in [0.3, 0.4) is 0 Å². The van der Waals surface area contributed by atoms with Gasteiger partial charge in [0.05, 0.1) is 11.5 Å². The molecule has 0 unspecified atom stereocenters. The average molecular weight is 377 g/mol. The van der Waals surface area contributed by atoms with Gasteiger partial charge in [0, 0.05) is 17.9 Å². The topological polar surface area (TPSA) is 96.5 Å². The monoisotopic (exact) mass is 377 g/mol. The second kappa shape index (κ2) is 9.10. The van der Waals surface area contributed by atoms with Gasteiger partial charge in [-0.2, -0.15) is 0 Å². The van der Waals surface area contributed by atoms with Crippen LogP contribution in [0.15, 0.2) is 53.4 Å². The Balaban J connectivity index is 2.03. The Morgan fingerprint density at radius 1 is 0.962 bits per heavy atom. The van der Waals surface area contributed by atoms with E-state index >= 15 is 0 Å². The third-order valence-corrected chi connectivity index (χ3v) is 4.77. The molecule has 2 rings (SSSR count). The molecule has 0 aliphatic carbocycles. The number of nitrogens with one attached hydrogen (secondary N) is 3. The van der Waals surface area contributed by atoms with E-state index in [1.54, 1.807) is 24.3 Å². The number of carbonyl (C=O) groups is 1. The quantitative estimate of drug-likeness (QED) is 0.657. The van der Waals surface area contributed by atoms with Gasteiger partial charge < -0.3 is 15.4 Å². The summed E-state index contributed by atoms with van der Waals surface area (Å²) in [7, 11) is -3.72. The summed E-state index contributed by atoms with van der Waals surface area (Å²) in [6, 6.07) is 12.3. The fraction of sp³-hybridized carbons (Fsp3) is 0.278. The molecule has 7 nitrogen and oxygen atoms in total. The predicted octanol–water partition coefficient (Wildman–Crippen LogP) is 3.42. The fourth-order valence-corrected chi connectivity index (χ4v) is 3.19. The van der Waals surface area contributed by atoms with Gasteiger partial charge in [0.15, 0.2) is 0 Å². The van der Waals surface area contributed by atoms with Crippen LogP contribution in [-0.2, 0) is 10.0 Å². The van der Waals surface area contributed by atoms with Crippen LogP contribution in [0.2, 0.25) is 0 Å². The molecule has 2 aromatic rings. The Kier molecular flexibility index (Phi) is 6.85. The molecule has 0 aliphatic rings. The van der Waals surface area contributed by atoms with Crippen molar-refractivity contribution < 1.29 is 17.9 Å². The molecule has 2 aromatic carbocycles. The molecule has 0 saturated heterocycles. The van der Waals surface area contributed by atoms with Crippen LogP contribution in [0.25, 0.3) is 0 Å². The van der Waals surface area contributed by atoms with Crippen molar-refractivity contribution in [1.29, 1.82) is 0 Å². The third-order valence-electron chi connectivity index (χ3n) is 3.38. The predicted molar refractivity (Wildman–Crippen MR) is 102 cm³/mol. The maximum absolute atomic E-state index is 12.4. The number of sulfonamides is 1. The van der Waals surface area contributed by atoms with Gasteiger partial charge in [-0.1, -0.05) is 6.92 Å². The van der Waals surface area contributed by atoms with Crippen LogP contribution in [0.5, 0.6) is 5.75 Å². The minimum Gasteiger partial charge on any atom is -0.494 e. The van der Waals surface area contributed by atoms with Gasteiger partial charge in [-0.15, -0.1) is 0 Å². The molecule has 0 atom stereocenters. The van der Waals surface area contributed by atoms with Gasteiger partial charge in [0.2, 0.25) is 0 Å². The molecule has 140 valence electrons. The van der Waals surface area contributed by atoms with Crippen molar-refractivity contribution in [3.05, 3.63) is 48.5 Å². The normalized spacial score (nSPS) is 10.8.